The van der Waals surface area contributed by atoms with Crippen LogP contribution in [0.25, 0.3) is 16.8 Å². The molecule has 1 aliphatic heterocycles. The summed E-state index contributed by atoms with van der Waals surface area (Å²) in [4.78, 5) is 29.0. The maximum absolute atomic E-state index is 15.4. The minimum absolute atomic E-state index is 0.0770. The lowest BCUT2D eigenvalue weighted by Gasteiger charge is -2.44. The summed E-state index contributed by atoms with van der Waals surface area (Å²) in [6, 6.07) is 3.14. The number of amides is 1. The molecular weight excluding hydrogens is 480 g/mol. The number of aromatic nitrogens is 3. The Hall–Kier alpha value is -3.67. The van der Waals surface area contributed by atoms with Gasteiger partial charge in [0, 0.05) is 61.8 Å². The summed E-state index contributed by atoms with van der Waals surface area (Å²) < 4.78 is 58.4. The fourth-order valence-electron chi connectivity index (χ4n) is 4.53. The SMILES string of the molecule is C[C@@H]1CN(c2cc(F)c(-c3cnn(C)c3)cc2-n2cc(C(N)=O)c(C(F)(F)F)cc2=O)C[C@H](C)N1C. The molecule has 1 aromatic carbocycles. The van der Waals surface area contributed by atoms with Gasteiger partial charge in [-0.25, -0.2) is 4.39 Å². The van der Waals surface area contributed by atoms with Crippen LogP contribution in [0.1, 0.15) is 29.8 Å². The second kappa shape index (κ2) is 9.08. The number of halogens is 4. The maximum Gasteiger partial charge on any atom is 0.417 e. The van der Waals surface area contributed by atoms with Gasteiger partial charge in [0.2, 0.25) is 0 Å². The number of hydrogen-bond donors (Lipinski definition) is 1. The first-order chi connectivity index (χ1) is 16.8. The van der Waals surface area contributed by atoms with E-state index in [2.05, 4.69) is 10.00 Å². The van der Waals surface area contributed by atoms with Crippen LogP contribution in [0, 0.1) is 5.82 Å². The van der Waals surface area contributed by atoms with E-state index in [0.29, 0.717) is 30.4 Å². The lowest BCUT2D eigenvalue weighted by atomic mass is 10.0. The van der Waals surface area contributed by atoms with Crippen LogP contribution < -0.4 is 16.2 Å². The zero-order chi connectivity index (χ0) is 26.5. The number of anilines is 1. The predicted molar refractivity (Wildman–Crippen MR) is 127 cm³/mol. The van der Waals surface area contributed by atoms with Gasteiger partial charge in [-0.05, 0) is 33.0 Å². The van der Waals surface area contributed by atoms with Gasteiger partial charge in [-0.15, -0.1) is 0 Å². The van der Waals surface area contributed by atoms with E-state index in [-0.39, 0.29) is 23.3 Å². The van der Waals surface area contributed by atoms with E-state index in [1.165, 1.54) is 23.0 Å². The standard InChI is InChI=1S/C24H26F4N6O2/c1-13-9-33(10-14(2)32(13)4)20-7-19(25)16(15-8-30-31(3)11-15)5-21(20)34-12-17(23(29)36)18(6-22(34)35)24(26,27)28/h5-8,11-14H,9-10H2,1-4H3,(H2,29,36)/t13-,14+. The molecule has 0 unspecified atom stereocenters. The Morgan fingerprint density at radius 1 is 1.06 bits per heavy atom. The number of nitrogens with two attached hydrogens (primary N) is 1. The van der Waals surface area contributed by atoms with Crippen molar-refractivity contribution in [3.8, 4) is 16.8 Å². The number of primary amides is 1. The molecule has 2 aromatic heterocycles. The Bertz CT molecular complexity index is 1370. The molecule has 1 saturated heterocycles. The van der Waals surface area contributed by atoms with E-state index in [9.17, 15) is 22.8 Å². The molecule has 0 spiro atoms. The molecule has 1 fully saturated rings. The highest BCUT2D eigenvalue weighted by Gasteiger charge is 2.36. The molecule has 3 aromatic rings. The third kappa shape index (κ3) is 4.60. The van der Waals surface area contributed by atoms with E-state index < -0.39 is 34.6 Å². The number of carbonyl (C=O) groups is 1. The fraction of sp³-hybridized carbons (Fsp3) is 0.375. The Morgan fingerprint density at radius 3 is 2.22 bits per heavy atom. The number of likely N-dealkylation sites (N-methyl/N-ethyl adjacent to an activating group) is 1. The van der Waals surface area contributed by atoms with E-state index in [1.54, 1.807) is 13.2 Å². The van der Waals surface area contributed by atoms with Crippen molar-refractivity contribution in [2.24, 2.45) is 12.8 Å². The quantitative estimate of drug-likeness (QED) is 0.550. The van der Waals surface area contributed by atoms with Gasteiger partial charge in [-0.1, -0.05) is 0 Å². The molecule has 12 heteroatoms. The number of piperazine rings is 1. The van der Waals surface area contributed by atoms with E-state index in [0.717, 1.165) is 10.8 Å². The first-order valence-corrected chi connectivity index (χ1v) is 11.2. The molecule has 2 atom stereocenters. The zero-order valence-electron chi connectivity index (χ0n) is 20.2. The summed E-state index contributed by atoms with van der Waals surface area (Å²) in [6.45, 7) is 4.96. The molecule has 192 valence electrons. The topological polar surface area (TPSA) is 89.4 Å². The van der Waals surface area contributed by atoms with Gasteiger partial charge < -0.3 is 10.6 Å². The van der Waals surface area contributed by atoms with Crippen LogP contribution in [-0.2, 0) is 13.2 Å². The minimum Gasteiger partial charge on any atom is -0.367 e. The fourth-order valence-corrected chi connectivity index (χ4v) is 4.53. The molecule has 1 amide bonds. The molecule has 0 saturated carbocycles. The number of aryl methyl sites for hydroxylation is 1. The van der Waals surface area contributed by atoms with Crippen molar-refractivity contribution in [2.75, 3.05) is 25.0 Å². The van der Waals surface area contributed by atoms with Crippen LogP contribution in [0.5, 0.6) is 0 Å². The van der Waals surface area contributed by atoms with E-state index in [4.69, 9.17) is 5.73 Å². The summed E-state index contributed by atoms with van der Waals surface area (Å²) in [7, 11) is 3.63. The first kappa shape index (κ1) is 25.4. The van der Waals surface area contributed by atoms with Gasteiger partial charge in [0.25, 0.3) is 11.5 Å². The number of nitrogens with zero attached hydrogens (tertiary/aromatic N) is 5. The maximum atomic E-state index is 15.4. The van der Waals surface area contributed by atoms with Crippen LogP contribution in [0.4, 0.5) is 23.2 Å². The number of pyridine rings is 1. The van der Waals surface area contributed by atoms with Crippen molar-refractivity contribution in [1.29, 1.82) is 0 Å². The average Bonchev–Trinajstić information content (AvgIpc) is 3.22. The predicted octanol–water partition coefficient (Wildman–Crippen LogP) is 3.02. The van der Waals surface area contributed by atoms with Crippen molar-refractivity contribution >= 4 is 11.6 Å². The van der Waals surface area contributed by atoms with Crippen LogP contribution in [0.15, 0.2) is 41.6 Å². The molecule has 36 heavy (non-hydrogen) atoms. The Morgan fingerprint density at radius 2 is 1.69 bits per heavy atom. The molecule has 4 rings (SSSR count). The van der Waals surface area contributed by atoms with Gasteiger partial charge in [0.1, 0.15) is 5.82 Å². The summed E-state index contributed by atoms with van der Waals surface area (Å²) in [6.07, 6.45) is -1.17. The second-order valence-electron chi connectivity index (χ2n) is 9.16. The molecule has 8 nitrogen and oxygen atoms in total. The van der Waals surface area contributed by atoms with Gasteiger partial charge in [-0.2, -0.15) is 18.3 Å². The van der Waals surface area contributed by atoms with Gasteiger partial charge in [0.15, 0.2) is 0 Å². The Balaban J connectivity index is 1.99. The Kier molecular flexibility index (Phi) is 6.41. The first-order valence-electron chi connectivity index (χ1n) is 11.2. The van der Waals surface area contributed by atoms with Gasteiger partial charge in [-0.3, -0.25) is 23.7 Å². The third-order valence-electron chi connectivity index (χ3n) is 6.66. The lowest BCUT2D eigenvalue weighted by molar-refractivity contribution is -0.138. The minimum atomic E-state index is -4.96. The summed E-state index contributed by atoms with van der Waals surface area (Å²) >= 11 is 0. The molecule has 0 radical (unpaired) electrons. The van der Waals surface area contributed by atoms with Gasteiger partial charge >= 0.3 is 6.18 Å². The second-order valence-corrected chi connectivity index (χ2v) is 9.16. The summed E-state index contributed by atoms with van der Waals surface area (Å²) in [5, 5.41) is 4.05. The van der Waals surface area contributed by atoms with Crippen LogP contribution in [0.2, 0.25) is 0 Å². The molecule has 1 aliphatic rings. The highest BCUT2D eigenvalue weighted by Crippen LogP contribution is 2.36. The molecule has 2 N–H and O–H groups in total. The molecular formula is C24H26F4N6O2. The normalized spacial score (nSPS) is 19.1. The zero-order valence-corrected chi connectivity index (χ0v) is 20.2. The molecule has 0 aliphatic carbocycles. The third-order valence-corrected chi connectivity index (χ3v) is 6.66. The number of carbonyl (C=O) groups excluding carboxylic acids is 1. The lowest BCUT2D eigenvalue weighted by Crippen LogP contribution is -2.55. The summed E-state index contributed by atoms with van der Waals surface area (Å²) in [5.74, 6) is -1.93. The van der Waals surface area contributed by atoms with Crippen molar-refractivity contribution in [3.05, 3.63) is 64.1 Å². The number of alkyl halides is 3. The monoisotopic (exact) mass is 506 g/mol. The number of hydrogen-bond acceptors (Lipinski definition) is 5. The van der Waals surface area contributed by atoms with E-state index >= 15 is 4.39 Å². The summed E-state index contributed by atoms with van der Waals surface area (Å²) in [5.41, 5.74) is 2.88. The van der Waals surface area contributed by atoms with Crippen molar-refractivity contribution < 1.29 is 22.4 Å². The highest BCUT2D eigenvalue weighted by molar-refractivity contribution is 5.94. The van der Waals surface area contributed by atoms with Gasteiger partial charge in [0.05, 0.1) is 28.7 Å². The van der Waals surface area contributed by atoms with Crippen molar-refractivity contribution in [1.82, 2.24) is 19.2 Å². The number of benzene rings is 1. The van der Waals surface area contributed by atoms with Crippen LogP contribution in [-0.4, -0.2) is 57.4 Å². The van der Waals surface area contributed by atoms with E-state index in [1.807, 2.05) is 25.8 Å². The van der Waals surface area contributed by atoms with Crippen molar-refractivity contribution in [3.63, 3.8) is 0 Å². The average molecular weight is 507 g/mol. The molecule has 3 heterocycles. The Labute approximate surface area is 204 Å². The molecule has 0 bridgehead atoms. The largest absolute Gasteiger partial charge is 0.417 e. The van der Waals surface area contributed by atoms with Crippen LogP contribution >= 0.6 is 0 Å². The smallest absolute Gasteiger partial charge is 0.367 e. The van der Waals surface area contributed by atoms with Crippen LogP contribution in [0.3, 0.4) is 0 Å². The highest BCUT2D eigenvalue weighted by atomic mass is 19.4. The van der Waals surface area contributed by atoms with Crippen molar-refractivity contribution in [2.45, 2.75) is 32.1 Å². The number of rotatable bonds is 4.